The molecule has 2 heteroatoms. The Kier molecular flexibility index (Phi) is 4.72. The van der Waals surface area contributed by atoms with Gasteiger partial charge in [0.1, 0.15) is 0 Å². The number of amides is 1. The quantitative estimate of drug-likeness (QED) is 0.659. The summed E-state index contributed by atoms with van der Waals surface area (Å²) in [4.78, 5) is 11.3. The average molecular weight is 277 g/mol. The molecule has 2 rings (SSSR count). The molecule has 2 nitrogen and oxygen atoms in total. The van der Waals surface area contributed by atoms with Gasteiger partial charge in [-0.15, -0.1) is 0 Å². The maximum Gasteiger partial charge on any atom is 0.221 e. The van der Waals surface area contributed by atoms with E-state index in [1.165, 1.54) is 12.5 Å². The van der Waals surface area contributed by atoms with E-state index in [-0.39, 0.29) is 5.91 Å². The molecule has 0 aliphatic carbocycles. The summed E-state index contributed by atoms with van der Waals surface area (Å²) in [6.45, 7) is 7.53. The molecule has 2 aromatic rings. The van der Waals surface area contributed by atoms with Gasteiger partial charge in [-0.1, -0.05) is 66.7 Å². The molecule has 2 aromatic carbocycles. The Balaban J connectivity index is 2.42. The SMILES string of the molecule is C=C(NC(C)=O)/C(=C/c1ccc(C)cc1)c1ccccc1. The lowest BCUT2D eigenvalue weighted by atomic mass is 10.00. The van der Waals surface area contributed by atoms with Crippen molar-refractivity contribution in [3.05, 3.63) is 83.6 Å². The smallest absolute Gasteiger partial charge is 0.221 e. The molecular formula is C19H19NO. The van der Waals surface area contributed by atoms with Crippen LogP contribution in [0, 0.1) is 6.92 Å². The second-order valence-electron chi connectivity index (χ2n) is 4.99. The van der Waals surface area contributed by atoms with Crippen molar-refractivity contribution in [1.29, 1.82) is 0 Å². The highest BCUT2D eigenvalue weighted by atomic mass is 16.1. The van der Waals surface area contributed by atoms with Crippen LogP contribution in [0.2, 0.25) is 0 Å². The molecule has 0 fully saturated rings. The molecule has 0 aliphatic rings. The standard InChI is InChI=1S/C19H19NO/c1-14-9-11-17(12-10-14)13-19(15(2)20-16(3)21)18-7-5-4-6-8-18/h4-13H,2H2,1,3H3,(H,20,21)/b19-13-. The van der Waals surface area contributed by atoms with Gasteiger partial charge in [0, 0.05) is 18.2 Å². The van der Waals surface area contributed by atoms with Crippen molar-refractivity contribution in [2.45, 2.75) is 13.8 Å². The predicted octanol–water partition coefficient (Wildman–Crippen LogP) is 4.19. The minimum absolute atomic E-state index is 0.120. The third kappa shape index (κ3) is 4.18. The number of allylic oxidation sites excluding steroid dienone is 1. The molecule has 0 heterocycles. The van der Waals surface area contributed by atoms with E-state index in [0.717, 1.165) is 16.7 Å². The van der Waals surface area contributed by atoms with Crippen LogP contribution in [0.4, 0.5) is 0 Å². The average Bonchev–Trinajstić information content (AvgIpc) is 2.46. The summed E-state index contributed by atoms with van der Waals surface area (Å²) in [5.41, 5.74) is 4.83. The van der Waals surface area contributed by atoms with Crippen LogP contribution in [-0.4, -0.2) is 5.91 Å². The van der Waals surface area contributed by atoms with Crippen LogP contribution in [0.3, 0.4) is 0 Å². The van der Waals surface area contributed by atoms with Crippen molar-refractivity contribution in [3.8, 4) is 0 Å². The Morgan fingerprint density at radius 3 is 2.24 bits per heavy atom. The van der Waals surface area contributed by atoms with E-state index < -0.39 is 0 Å². The predicted molar refractivity (Wildman–Crippen MR) is 88.4 cm³/mol. The minimum atomic E-state index is -0.120. The van der Waals surface area contributed by atoms with Crippen LogP contribution in [0.5, 0.6) is 0 Å². The molecule has 0 unspecified atom stereocenters. The van der Waals surface area contributed by atoms with E-state index in [4.69, 9.17) is 0 Å². The number of carbonyl (C=O) groups excluding carboxylic acids is 1. The van der Waals surface area contributed by atoms with E-state index in [1.807, 2.05) is 36.4 Å². The van der Waals surface area contributed by atoms with E-state index in [9.17, 15) is 4.79 Å². The summed E-state index contributed by atoms with van der Waals surface area (Å²) in [6.07, 6.45) is 2.03. The third-order valence-electron chi connectivity index (χ3n) is 3.13. The molecule has 0 atom stereocenters. The van der Waals surface area contributed by atoms with Gasteiger partial charge >= 0.3 is 0 Å². The van der Waals surface area contributed by atoms with Gasteiger partial charge in [-0.25, -0.2) is 0 Å². The van der Waals surface area contributed by atoms with Crippen molar-refractivity contribution in [2.75, 3.05) is 0 Å². The number of benzene rings is 2. The molecule has 0 saturated carbocycles. The fourth-order valence-corrected chi connectivity index (χ4v) is 2.07. The maximum absolute atomic E-state index is 11.3. The Morgan fingerprint density at radius 1 is 1.05 bits per heavy atom. The van der Waals surface area contributed by atoms with Crippen LogP contribution in [0.15, 0.2) is 66.9 Å². The highest BCUT2D eigenvalue weighted by molar-refractivity contribution is 5.93. The summed E-state index contributed by atoms with van der Waals surface area (Å²) in [6, 6.07) is 18.2. The summed E-state index contributed by atoms with van der Waals surface area (Å²) in [5, 5.41) is 2.77. The van der Waals surface area contributed by atoms with E-state index >= 15 is 0 Å². The largest absolute Gasteiger partial charge is 0.326 e. The maximum atomic E-state index is 11.3. The normalized spacial score (nSPS) is 11.0. The lowest BCUT2D eigenvalue weighted by Gasteiger charge is -2.12. The van der Waals surface area contributed by atoms with Crippen LogP contribution in [-0.2, 0) is 4.79 Å². The first kappa shape index (κ1) is 14.8. The number of nitrogens with one attached hydrogen (secondary N) is 1. The number of aryl methyl sites for hydroxylation is 1. The Morgan fingerprint density at radius 2 is 1.67 bits per heavy atom. The van der Waals surface area contributed by atoms with Crippen LogP contribution >= 0.6 is 0 Å². The van der Waals surface area contributed by atoms with Gasteiger partial charge in [-0.2, -0.15) is 0 Å². The molecular weight excluding hydrogens is 258 g/mol. The lowest BCUT2D eigenvalue weighted by molar-refractivity contribution is -0.118. The molecule has 0 radical (unpaired) electrons. The van der Waals surface area contributed by atoms with Gasteiger partial charge in [0.25, 0.3) is 0 Å². The van der Waals surface area contributed by atoms with Crippen molar-refractivity contribution in [2.24, 2.45) is 0 Å². The molecule has 0 aromatic heterocycles. The van der Waals surface area contributed by atoms with Gasteiger partial charge in [-0.05, 0) is 24.1 Å². The Hall–Kier alpha value is -2.61. The molecule has 1 amide bonds. The molecule has 106 valence electrons. The number of hydrogen-bond donors (Lipinski definition) is 1. The summed E-state index contributed by atoms with van der Waals surface area (Å²) >= 11 is 0. The highest BCUT2D eigenvalue weighted by Gasteiger charge is 2.07. The van der Waals surface area contributed by atoms with Gasteiger partial charge in [0.05, 0.1) is 0 Å². The fourth-order valence-electron chi connectivity index (χ4n) is 2.07. The topological polar surface area (TPSA) is 29.1 Å². The fraction of sp³-hybridized carbons (Fsp3) is 0.105. The summed E-state index contributed by atoms with van der Waals surface area (Å²) in [5.74, 6) is -0.120. The summed E-state index contributed by atoms with van der Waals surface area (Å²) in [7, 11) is 0. The molecule has 1 N–H and O–H groups in total. The van der Waals surface area contributed by atoms with Crippen LogP contribution in [0.25, 0.3) is 11.6 Å². The number of carbonyl (C=O) groups is 1. The second kappa shape index (κ2) is 6.71. The van der Waals surface area contributed by atoms with Crippen molar-refractivity contribution in [1.82, 2.24) is 5.32 Å². The van der Waals surface area contributed by atoms with Crippen molar-refractivity contribution < 1.29 is 4.79 Å². The Bertz CT molecular complexity index is 666. The first-order valence-electron chi connectivity index (χ1n) is 6.87. The summed E-state index contributed by atoms with van der Waals surface area (Å²) < 4.78 is 0. The van der Waals surface area contributed by atoms with Gasteiger partial charge < -0.3 is 5.32 Å². The molecule has 0 bridgehead atoms. The highest BCUT2D eigenvalue weighted by Crippen LogP contribution is 2.23. The number of rotatable bonds is 4. The zero-order chi connectivity index (χ0) is 15.2. The first-order valence-corrected chi connectivity index (χ1v) is 6.87. The van der Waals surface area contributed by atoms with E-state index in [0.29, 0.717) is 5.70 Å². The number of hydrogen-bond acceptors (Lipinski definition) is 1. The lowest BCUT2D eigenvalue weighted by Crippen LogP contribution is -2.19. The van der Waals surface area contributed by atoms with E-state index in [1.54, 1.807) is 0 Å². The zero-order valence-corrected chi connectivity index (χ0v) is 12.4. The molecule has 0 aliphatic heterocycles. The van der Waals surface area contributed by atoms with E-state index in [2.05, 4.69) is 43.1 Å². The first-order chi connectivity index (χ1) is 10.1. The Labute approximate surface area is 125 Å². The zero-order valence-electron chi connectivity index (χ0n) is 12.4. The monoisotopic (exact) mass is 277 g/mol. The molecule has 0 spiro atoms. The van der Waals surface area contributed by atoms with Gasteiger partial charge in [0.2, 0.25) is 5.91 Å². The van der Waals surface area contributed by atoms with Crippen molar-refractivity contribution >= 4 is 17.6 Å². The molecule has 21 heavy (non-hydrogen) atoms. The minimum Gasteiger partial charge on any atom is -0.326 e. The third-order valence-corrected chi connectivity index (χ3v) is 3.13. The molecule has 0 saturated heterocycles. The van der Waals surface area contributed by atoms with Crippen LogP contribution in [0.1, 0.15) is 23.6 Å². The van der Waals surface area contributed by atoms with Gasteiger partial charge in [-0.3, -0.25) is 4.79 Å². The van der Waals surface area contributed by atoms with Crippen LogP contribution < -0.4 is 5.32 Å². The second-order valence-corrected chi connectivity index (χ2v) is 4.99. The van der Waals surface area contributed by atoms with Gasteiger partial charge in [0.15, 0.2) is 0 Å². The van der Waals surface area contributed by atoms with Crippen molar-refractivity contribution in [3.63, 3.8) is 0 Å².